The van der Waals surface area contributed by atoms with E-state index in [0.717, 1.165) is 0 Å². The van der Waals surface area contributed by atoms with Gasteiger partial charge in [-0.15, -0.1) is 0 Å². The molecule has 0 saturated carbocycles. The zero-order chi connectivity index (χ0) is 15.1. The first-order valence-electron chi connectivity index (χ1n) is 6.69. The highest BCUT2D eigenvalue weighted by atomic mass is 16.5. The van der Waals surface area contributed by atoms with Crippen LogP contribution in [0.3, 0.4) is 0 Å². The Morgan fingerprint density at radius 3 is 2.62 bits per heavy atom. The van der Waals surface area contributed by atoms with Crippen molar-refractivity contribution in [1.82, 2.24) is 0 Å². The largest absolute Gasteiger partial charge is 0.508 e. The number of anilines is 1. The van der Waals surface area contributed by atoms with E-state index in [4.69, 9.17) is 10.5 Å². The third-order valence-electron chi connectivity index (χ3n) is 2.88. The average molecular weight is 286 g/mol. The Hall–Kier alpha value is -2.53. The van der Waals surface area contributed by atoms with Gasteiger partial charge >= 0.3 is 0 Å². The summed E-state index contributed by atoms with van der Waals surface area (Å²) in [5, 5.41) is 12.5. The normalized spacial score (nSPS) is 10.1. The Morgan fingerprint density at radius 2 is 1.86 bits per heavy atom. The van der Waals surface area contributed by atoms with E-state index >= 15 is 0 Å². The van der Waals surface area contributed by atoms with Crippen LogP contribution in [0.2, 0.25) is 0 Å². The molecule has 0 aromatic heterocycles. The lowest BCUT2D eigenvalue weighted by molar-refractivity contribution is -0.115. The number of ether oxygens (including phenoxy) is 1. The molecule has 0 spiro atoms. The van der Waals surface area contributed by atoms with Crippen molar-refractivity contribution in [1.29, 1.82) is 0 Å². The Labute approximate surface area is 123 Å². The first kappa shape index (κ1) is 14.9. The molecule has 0 atom stereocenters. The van der Waals surface area contributed by atoms with E-state index in [0.29, 0.717) is 30.2 Å². The molecule has 0 aliphatic heterocycles. The molecule has 0 bridgehead atoms. The third kappa shape index (κ3) is 4.22. The predicted molar refractivity (Wildman–Crippen MR) is 81.4 cm³/mol. The Balaban J connectivity index is 2.04. The number of rotatable bonds is 6. The summed E-state index contributed by atoms with van der Waals surface area (Å²) >= 11 is 0. The Morgan fingerprint density at radius 1 is 1.14 bits per heavy atom. The monoisotopic (exact) mass is 286 g/mol. The van der Waals surface area contributed by atoms with Gasteiger partial charge < -0.3 is 20.9 Å². The van der Waals surface area contributed by atoms with E-state index in [1.54, 1.807) is 36.4 Å². The molecule has 0 radical (unpaired) electrons. The molecule has 0 heterocycles. The lowest BCUT2D eigenvalue weighted by Gasteiger charge is -2.12. The van der Waals surface area contributed by atoms with Crippen molar-refractivity contribution in [2.75, 3.05) is 18.5 Å². The number of phenols is 1. The summed E-state index contributed by atoms with van der Waals surface area (Å²) in [6, 6.07) is 13.9. The number of amides is 1. The van der Waals surface area contributed by atoms with Crippen LogP contribution in [0, 0.1) is 0 Å². The van der Waals surface area contributed by atoms with Crippen LogP contribution >= 0.6 is 0 Å². The molecule has 2 aromatic rings. The Kier molecular flexibility index (Phi) is 5.17. The topological polar surface area (TPSA) is 84.6 Å². The third-order valence-corrected chi connectivity index (χ3v) is 2.88. The van der Waals surface area contributed by atoms with Crippen molar-refractivity contribution >= 4 is 11.6 Å². The zero-order valence-electron chi connectivity index (χ0n) is 11.6. The first-order valence-corrected chi connectivity index (χ1v) is 6.69. The lowest BCUT2D eigenvalue weighted by Crippen LogP contribution is -2.16. The molecule has 0 aliphatic rings. The van der Waals surface area contributed by atoms with Gasteiger partial charge in [0.25, 0.3) is 0 Å². The molecule has 4 N–H and O–H groups in total. The van der Waals surface area contributed by atoms with E-state index < -0.39 is 0 Å². The van der Waals surface area contributed by atoms with Crippen molar-refractivity contribution in [3.05, 3.63) is 54.1 Å². The molecular weight excluding hydrogens is 268 g/mol. The van der Waals surface area contributed by atoms with E-state index in [-0.39, 0.29) is 18.1 Å². The van der Waals surface area contributed by atoms with Crippen LogP contribution < -0.4 is 15.8 Å². The number of nitrogens with one attached hydrogen (secondary N) is 1. The predicted octanol–water partition coefficient (Wildman–Crippen LogP) is 1.91. The number of benzene rings is 2. The number of hydrogen-bond acceptors (Lipinski definition) is 4. The maximum absolute atomic E-state index is 12.1. The molecule has 0 aliphatic carbocycles. The number of nitrogens with two attached hydrogens (primary N) is 1. The molecule has 0 unspecified atom stereocenters. The van der Waals surface area contributed by atoms with Crippen LogP contribution in [0.5, 0.6) is 11.5 Å². The lowest BCUT2D eigenvalue weighted by atomic mass is 10.1. The van der Waals surface area contributed by atoms with Crippen LogP contribution in [-0.4, -0.2) is 24.2 Å². The smallest absolute Gasteiger partial charge is 0.229 e. The first-order chi connectivity index (χ1) is 10.2. The van der Waals surface area contributed by atoms with E-state index in [2.05, 4.69) is 5.32 Å². The minimum atomic E-state index is -0.222. The van der Waals surface area contributed by atoms with Gasteiger partial charge in [0.1, 0.15) is 18.1 Å². The minimum absolute atomic E-state index is 0.0951. The van der Waals surface area contributed by atoms with Crippen molar-refractivity contribution in [3.63, 3.8) is 0 Å². The van der Waals surface area contributed by atoms with Crippen molar-refractivity contribution in [3.8, 4) is 11.5 Å². The van der Waals surface area contributed by atoms with Crippen LogP contribution in [0.1, 0.15) is 5.56 Å². The van der Waals surface area contributed by atoms with Gasteiger partial charge in [-0.3, -0.25) is 4.79 Å². The zero-order valence-corrected chi connectivity index (χ0v) is 11.6. The summed E-state index contributed by atoms with van der Waals surface area (Å²) in [5.74, 6) is 0.467. The van der Waals surface area contributed by atoms with Crippen molar-refractivity contribution < 1.29 is 14.6 Å². The fraction of sp³-hybridized carbons (Fsp3) is 0.188. The van der Waals surface area contributed by atoms with Gasteiger partial charge in [-0.05, 0) is 18.2 Å². The van der Waals surface area contributed by atoms with Gasteiger partial charge in [0, 0.05) is 12.1 Å². The van der Waals surface area contributed by atoms with Gasteiger partial charge in [0.05, 0.1) is 12.1 Å². The van der Waals surface area contributed by atoms with Gasteiger partial charge in [0.2, 0.25) is 5.91 Å². The molecule has 1 amide bonds. The molecule has 0 saturated heterocycles. The SMILES string of the molecule is NCCOc1ccccc1NC(=O)Cc1ccccc1O. The maximum Gasteiger partial charge on any atom is 0.229 e. The van der Waals surface area contributed by atoms with Gasteiger partial charge in [-0.25, -0.2) is 0 Å². The summed E-state index contributed by atoms with van der Waals surface area (Å²) in [6.45, 7) is 0.784. The molecule has 0 fully saturated rings. The quantitative estimate of drug-likeness (QED) is 0.757. The molecule has 2 aromatic carbocycles. The second kappa shape index (κ2) is 7.31. The molecule has 110 valence electrons. The van der Waals surface area contributed by atoms with Crippen LogP contribution in [-0.2, 0) is 11.2 Å². The molecule has 5 nitrogen and oxygen atoms in total. The standard InChI is InChI=1S/C16H18N2O3/c17-9-10-21-15-8-4-2-6-13(15)18-16(20)11-12-5-1-3-7-14(12)19/h1-8,19H,9-11,17H2,(H,18,20). The highest BCUT2D eigenvalue weighted by Crippen LogP contribution is 2.24. The van der Waals surface area contributed by atoms with Crippen LogP contribution in [0.25, 0.3) is 0 Å². The number of carbonyl (C=O) groups excluding carboxylic acids is 1. The Bertz CT molecular complexity index is 614. The van der Waals surface area contributed by atoms with E-state index in [1.807, 2.05) is 12.1 Å². The van der Waals surface area contributed by atoms with E-state index in [1.165, 1.54) is 0 Å². The van der Waals surface area contributed by atoms with Gasteiger partial charge in [-0.2, -0.15) is 0 Å². The summed E-state index contributed by atoms with van der Waals surface area (Å²) in [5.41, 5.74) is 6.57. The number of hydrogen-bond donors (Lipinski definition) is 3. The number of phenolic OH excluding ortho intramolecular Hbond substituents is 1. The molecule has 21 heavy (non-hydrogen) atoms. The molecule has 2 rings (SSSR count). The van der Waals surface area contributed by atoms with Crippen LogP contribution in [0.15, 0.2) is 48.5 Å². The minimum Gasteiger partial charge on any atom is -0.508 e. The number of carbonyl (C=O) groups is 1. The average Bonchev–Trinajstić information content (AvgIpc) is 2.49. The summed E-state index contributed by atoms with van der Waals surface area (Å²) in [4.78, 5) is 12.1. The number of aromatic hydroxyl groups is 1. The molecule has 5 heteroatoms. The summed E-state index contributed by atoms with van der Waals surface area (Å²) < 4.78 is 5.47. The highest BCUT2D eigenvalue weighted by molar-refractivity contribution is 5.93. The fourth-order valence-electron chi connectivity index (χ4n) is 1.89. The van der Waals surface area contributed by atoms with Crippen molar-refractivity contribution in [2.24, 2.45) is 5.73 Å². The molecular formula is C16H18N2O3. The fourth-order valence-corrected chi connectivity index (χ4v) is 1.89. The second-order valence-electron chi connectivity index (χ2n) is 4.49. The van der Waals surface area contributed by atoms with Crippen molar-refractivity contribution in [2.45, 2.75) is 6.42 Å². The second-order valence-corrected chi connectivity index (χ2v) is 4.49. The highest BCUT2D eigenvalue weighted by Gasteiger charge is 2.10. The summed E-state index contributed by atoms with van der Waals surface area (Å²) in [7, 11) is 0. The van der Waals surface area contributed by atoms with Gasteiger partial charge in [0.15, 0.2) is 0 Å². The van der Waals surface area contributed by atoms with Gasteiger partial charge in [-0.1, -0.05) is 30.3 Å². The van der Waals surface area contributed by atoms with Crippen LogP contribution in [0.4, 0.5) is 5.69 Å². The van der Waals surface area contributed by atoms with E-state index in [9.17, 15) is 9.90 Å². The summed E-state index contributed by atoms with van der Waals surface area (Å²) in [6.07, 6.45) is 0.0951. The maximum atomic E-state index is 12.1. The number of para-hydroxylation sites is 3.